The van der Waals surface area contributed by atoms with Crippen molar-refractivity contribution in [3.63, 3.8) is 0 Å². The number of ether oxygens (including phenoxy) is 2. The molecule has 218 valence electrons. The van der Waals surface area contributed by atoms with Crippen molar-refractivity contribution in [2.75, 3.05) is 38.2 Å². The molecular weight excluding hydrogens is 534 g/mol. The smallest absolute Gasteiger partial charge is 0.284 e. The first-order valence-electron chi connectivity index (χ1n) is 13.6. The number of rotatable bonds is 7. The summed E-state index contributed by atoms with van der Waals surface area (Å²) in [4.78, 5) is 35.2. The van der Waals surface area contributed by atoms with Crippen LogP contribution in [0.5, 0.6) is 17.2 Å². The molecule has 0 fully saturated rings. The van der Waals surface area contributed by atoms with Crippen LogP contribution in [0, 0.1) is 5.41 Å². The van der Waals surface area contributed by atoms with E-state index in [1.807, 2.05) is 59.1 Å². The van der Waals surface area contributed by atoms with E-state index in [4.69, 9.17) is 9.47 Å². The normalized spacial score (nSPS) is 15.8. The number of hydrogen-bond acceptors (Lipinski definition) is 8. The van der Waals surface area contributed by atoms with Crippen LogP contribution in [0.15, 0.2) is 83.1 Å². The number of anilines is 2. The number of phenolic OH excluding ortho intramolecular Hbond substituents is 1. The molecule has 2 amide bonds. The molecule has 2 aliphatic rings. The largest absolute Gasteiger partial charge is 0.505 e. The lowest BCUT2D eigenvalue weighted by Gasteiger charge is -2.33. The molecule has 10 heteroatoms. The highest BCUT2D eigenvalue weighted by Gasteiger charge is 2.42. The zero-order chi connectivity index (χ0) is 30.2. The van der Waals surface area contributed by atoms with Gasteiger partial charge < -0.3 is 30.1 Å². The first-order valence-corrected chi connectivity index (χ1v) is 13.6. The molecule has 3 aromatic rings. The lowest BCUT2D eigenvalue weighted by atomic mass is 9.82. The van der Waals surface area contributed by atoms with E-state index in [0.717, 1.165) is 10.5 Å². The summed E-state index contributed by atoms with van der Waals surface area (Å²) in [6.45, 7) is 6.27. The predicted octanol–water partition coefficient (Wildman–Crippen LogP) is 4.63. The van der Waals surface area contributed by atoms with Crippen LogP contribution in [0.1, 0.15) is 37.9 Å². The third-order valence-corrected chi connectivity index (χ3v) is 7.15. The summed E-state index contributed by atoms with van der Waals surface area (Å²) in [6.07, 6.45) is 0. The van der Waals surface area contributed by atoms with E-state index in [0.29, 0.717) is 28.6 Å². The Balaban J connectivity index is 1.61. The lowest BCUT2D eigenvalue weighted by molar-refractivity contribution is -0.120. The van der Waals surface area contributed by atoms with Crippen LogP contribution in [0.3, 0.4) is 0 Å². The number of aromatic hydroxyl groups is 1. The molecule has 0 saturated carbocycles. The van der Waals surface area contributed by atoms with Gasteiger partial charge in [-0.2, -0.15) is 0 Å². The van der Waals surface area contributed by atoms with E-state index < -0.39 is 23.3 Å². The number of phenols is 1. The Morgan fingerprint density at radius 3 is 2.31 bits per heavy atom. The number of amides is 2. The molecule has 0 spiro atoms. The van der Waals surface area contributed by atoms with E-state index in [1.165, 1.54) is 0 Å². The number of nitrogens with one attached hydrogen (secondary N) is 2. The van der Waals surface area contributed by atoms with Gasteiger partial charge in [-0.3, -0.25) is 14.6 Å². The fraction of sp³-hybridized carbons (Fsp3) is 0.281. The standard InChI is InChI=1S/C32H35N5O5/c1-32(2,3)28(19-15-16-23-24(17-19)42-18-41-23)35-26-25(30(39)37(31(26)40)20-11-8-7-9-12-20)34-22-14-10-13-21(27(22)38)29(33-4)36(5)6/h7-17,28,34-35,38H,18H2,1-6H3. The summed E-state index contributed by atoms with van der Waals surface area (Å²) in [5.74, 6) is 0.668. The number of carbonyl (C=O) groups excluding carboxylic acids is 2. The van der Waals surface area contributed by atoms with Gasteiger partial charge in [-0.15, -0.1) is 0 Å². The quantitative estimate of drug-likeness (QED) is 0.163. The number of benzene rings is 3. The lowest BCUT2D eigenvalue weighted by Crippen LogP contribution is -2.37. The van der Waals surface area contributed by atoms with Crippen LogP contribution in [0.25, 0.3) is 0 Å². The van der Waals surface area contributed by atoms with Crippen molar-refractivity contribution in [2.24, 2.45) is 10.4 Å². The fourth-order valence-electron chi connectivity index (χ4n) is 5.15. The third-order valence-electron chi connectivity index (χ3n) is 7.15. The van der Waals surface area contributed by atoms with Crippen molar-refractivity contribution in [3.05, 3.63) is 89.3 Å². The number of fused-ring (bicyclic) bond motifs is 1. The molecule has 0 bridgehead atoms. The van der Waals surface area contributed by atoms with E-state index in [-0.39, 0.29) is 29.6 Å². The van der Waals surface area contributed by atoms with E-state index >= 15 is 0 Å². The minimum Gasteiger partial charge on any atom is -0.505 e. The number of para-hydroxylation sites is 2. The topological polar surface area (TPSA) is 116 Å². The Morgan fingerprint density at radius 2 is 1.64 bits per heavy atom. The molecule has 0 radical (unpaired) electrons. The zero-order valence-corrected chi connectivity index (χ0v) is 24.6. The second-order valence-corrected chi connectivity index (χ2v) is 11.4. The van der Waals surface area contributed by atoms with Gasteiger partial charge in [0.1, 0.15) is 23.0 Å². The zero-order valence-electron chi connectivity index (χ0n) is 24.6. The molecule has 10 nitrogen and oxygen atoms in total. The number of hydrogen-bond donors (Lipinski definition) is 3. The van der Waals surface area contributed by atoms with Crippen molar-refractivity contribution in [1.29, 1.82) is 0 Å². The van der Waals surface area contributed by atoms with Crippen molar-refractivity contribution in [2.45, 2.75) is 26.8 Å². The fourth-order valence-corrected chi connectivity index (χ4v) is 5.15. The van der Waals surface area contributed by atoms with Crippen LogP contribution >= 0.6 is 0 Å². The summed E-state index contributed by atoms with van der Waals surface area (Å²) < 4.78 is 11.1. The molecule has 0 aromatic heterocycles. The highest BCUT2D eigenvalue weighted by atomic mass is 16.7. The van der Waals surface area contributed by atoms with E-state index in [9.17, 15) is 14.7 Å². The van der Waals surface area contributed by atoms with Crippen LogP contribution < -0.4 is 25.0 Å². The van der Waals surface area contributed by atoms with Crippen LogP contribution in [-0.4, -0.2) is 55.6 Å². The van der Waals surface area contributed by atoms with Crippen LogP contribution in [-0.2, 0) is 9.59 Å². The molecular formula is C32H35N5O5. The van der Waals surface area contributed by atoms with E-state index in [1.54, 1.807) is 54.4 Å². The third kappa shape index (κ3) is 5.23. The van der Waals surface area contributed by atoms with Crippen LogP contribution in [0.2, 0.25) is 0 Å². The molecule has 5 rings (SSSR count). The number of imide groups is 1. The maximum atomic E-state index is 14.0. The number of nitrogens with zero attached hydrogens (tertiary/aromatic N) is 3. The Kier molecular flexibility index (Phi) is 7.55. The molecule has 42 heavy (non-hydrogen) atoms. The Bertz CT molecular complexity index is 1590. The molecule has 1 unspecified atom stereocenters. The van der Waals surface area contributed by atoms with Gasteiger partial charge in [0.05, 0.1) is 23.0 Å². The number of amidine groups is 1. The maximum Gasteiger partial charge on any atom is 0.284 e. The monoisotopic (exact) mass is 569 g/mol. The van der Waals surface area contributed by atoms with Gasteiger partial charge in [-0.05, 0) is 47.4 Å². The van der Waals surface area contributed by atoms with Crippen molar-refractivity contribution in [1.82, 2.24) is 10.2 Å². The average molecular weight is 570 g/mol. The summed E-state index contributed by atoms with van der Waals surface area (Å²) in [5.41, 5.74) is 1.75. The van der Waals surface area contributed by atoms with Crippen molar-refractivity contribution >= 4 is 29.0 Å². The summed E-state index contributed by atoms with van der Waals surface area (Å²) in [6, 6.07) is 19.1. The van der Waals surface area contributed by atoms with Gasteiger partial charge in [0.25, 0.3) is 11.8 Å². The first-order chi connectivity index (χ1) is 20.0. The van der Waals surface area contributed by atoms with E-state index in [2.05, 4.69) is 15.6 Å². The first kappa shape index (κ1) is 28.5. The highest BCUT2D eigenvalue weighted by Crippen LogP contribution is 2.41. The van der Waals surface area contributed by atoms with Crippen LogP contribution in [0.4, 0.5) is 11.4 Å². The summed E-state index contributed by atoms with van der Waals surface area (Å²) in [7, 11) is 5.29. The second-order valence-electron chi connectivity index (χ2n) is 11.4. The Labute approximate surface area is 245 Å². The number of carbonyl (C=O) groups is 2. The molecule has 0 saturated heterocycles. The van der Waals surface area contributed by atoms with Gasteiger partial charge in [0, 0.05) is 21.1 Å². The van der Waals surface area contributed by atoms with Crippen molar-refractivity contribution < 1.29 is 24.2 Å². The molecule has 2 heterocycles. The molecule has 3 N–H and O–H groups in total. The molecule has 0 aliphatic carbocycles. The average Bonchev–Trinajstić information content (AvgIpc) is 3.50. The highest BCUT2D eigenvalue weighted by molar-refractivity contribution is 6.33. The van der Waals surface area contributed by atoms with Gasteiger partial charge >= 0.3 is 0 Å². The maximum absolute atomic E-state index is 14.0. The SMILES string of the molecule is CN=C(c1cccc(NC2=C(NC(c3ccc4c(c3)OCO4)C(C)(C)C)C(=O)N(c3ccccc3)C2=O)c1O)N(C)C. The molecule has 2 aliphatic heterocycles. The second kappa shape index (κ2) is 11.1. The molecule has 1 atom stereocenters. The van der Waals surface area contributed by atoms with Gasteiger partial charge in [-0.1, -0.05) is 51.1 Å². The number of aliphatic imine (C=N–C) groups is 1. The van der Waals surface area contributed by atoms with Gasteiger partial charge in [0.15, 0.2) is 11.5 Å². The van der Waals surface area contributed by atoms with Crippen molar-refractivity contribution in [3.8, 4) is 17.2 Å². The summed E-state index contributed by atoms with van der Waals surface area (Å²) >= 11 is 0. The van der Waals surface area contributed by atoms with Gasteiger partial charge in [0.2, 0.25) is 6.79 Å². The Morgan fingerprint density at radius 1 is 0.952 bits per heavy atom. The summed E-state index contributed by atoms with van der Waals surface area (Å²) in [5, 5.41) is 17.7. The Hall–Kier alpha value is -4.99. The minimum atomic E-state index is -0.547. The van der Waals surface area contributed by atoms with Gasteiger partial charge in [-0.25, -0.2) is 4.90 Å². The predicted molar refractivity (Wildman–Crippen MR) is 162 cm³/mol. The molecule has 3 aromatic carbocycles. The minimum absolute atomic E-state index is 0.0196.